The van der Waals surface area contributed by atoms with Gasteiger partial charge in [0, 0.05) is 18.0 Å². The normalized spacial score (nSPS) is 14.0. The van der Waals surface area contributed by atoms with E-state index in [1.807, 2.05) is 30.3 Å². The molecule has 0 N–H and O–H groups in total. The first kappa shape index (κ1) is 19.2. The third kappa shape index (κ3) is 3.76. The summed E-state index contributed by atoms with van der Waals surface area (Å²) in [5.41, 5.74) is 1.66. The number of imide groups is 1. The Labute approximate surface area is 175 Å². The van der Waals surface area contributed by atoms with Crippen molar-refractivity contribution in [1.29, 1.82) is 0 Å². The van der Waals surface area contributed by atoms with Crippen molar-refractivity contribution in [2.75, 3.05) is 0 Å². The van der Waals surface area contributed by atoms with Gasteiger partial charge in [-0.25, -0.2) is 4.79 Å². The number of halogens is 1. The molecule has 0 radical (unpaired) electrons. The summed E-state index contributed by atoms with van der Waals surface area (Å²) in [5.74, 6) is -1.75. The highest BCUT2D eigenvalue weighted by Gasteiger charge is 2.43. The number of nitrogens with zero attached hydrogens (tertiary/aromatic N) is 3. The summed E-state index contributed by atoms with van der Waals surface area (Å²) in [5, 5.41) is 3.80. The van der Waals surface area contributed by atoms with Crippen LogP contribution < -0.4 is 0 Å². The summed E-state index contributed by atoms with van der Waals surface area (Å²) in [7, 11) is 0. The van der Waals surface area contributed by atoms with Gasteiger partial charge in [0.05, 0.1) is 11.1 Å². The maximum absolute atomic E-state index is 12.9. The zero-order valence-electron chi connectivity index (χ0n) is 14.9. The molecule has 146 valence electrons. The van der Waals surface area contributed by atoms with Crippen molar-refractivity contribution in [3.63, 3.8) is 0 Å². The van der Waals surface area contributed by atoms with Gasteiger partial charge in [-0.05, 0) is 17.7 Å². The summed E-state index contributed by atoms with van der Waals surface area (Å²) >= 11 is 6.93. The molecule has 7 nitrogen and oxygen atoms in total. The van der Waals surface area contributed by atoms with Gasteiger partial charge in [-0.1, -0.05) is 58.6 Å². The second kappa shape index (κ2) is 8.10. The van der Waals surface area contributed by atoms with Crippen LogP contribution in [-0.4, -0.2) is 38.3 Å². The van der Waals surface area contributed by atoms with E-state index in [9.17, 15) is 14.4 Å². The molecule has 0 unspecified atom stereocenters. The fourth-order valence-corrected chi connectivity index (χ4v) is 3.73. The predicted molar refractivity (Wildman–Crippen MR) is 106 cm³/mol. The first-order valence-corrected chi connectivity index (χ1v) is 9.85. The van der Waals surface area contributed by atoms with Crippen LogP contribution in [0.4, 0.5) is 0 Å². The fraction of sp³-hybridized carbons (Fsp3) is 0.150. The van der Waals surface area contributed by atoms with Crippen molar-refractivity contribution in [2.24, 2.45) is 0 Å². The van der Waals surface area contributed by atoms with Crippen molar-refractivity contribution in [1.82, 2.24) is 14.5 Å². The highest BCUT2D eigenvalue weighted by molar-refractivity contribution is 7.10. The number of esters is 1. The molecular weight excluding hydrogens is 414 g/mol. The Hall–Kier alpha value is -3.10. The Morgan fingerprint density at radius 2 is 1.66 bits per heavy atom. The highest BCUT2D eigenvalue weighted by atomic mass is 35.5. The molecule has 1 aromatic heterocycles. The van der Waals surface area contributed by atoms with Gasteiger partial charge in [-0.2, -0.15) is 0 Å². The molecule has 2 heterocycles. The van der Waals surface area contributed by atoms with E-state index < -0.39 is 23.8 Å². The molecule has 2 aromatic carbocycles. The first-order valence-electron chi connectivity index (χ1n) is 8.70. The largest absolute Gasteiger partial charge is 0.457 e. The second-order valence-electron chi connectivity index (χ2n) is 6.33. The van der Waals surface area contributed by atoms with Gasteiger partial charge in [0.25, 0.3) is 11.8 Å². The van der Waals surface area contributed by atoms with E-state index >= 15 is 0 Å². The Balaban J connectivity index is 1.62. The van der Waals surface area contributed by atoms with Gasteiger partial charge >= 0.3 is 5.97 Å². The zero-order chi connectivity index (χ0) is 20.4. The van der Waals surface area contributed by atoms with Crippen LogP contribution in [0.25, 0.3) is 0 Å². The molecule has 0 aliphatic carbocycles. The Morgan fingerprint density at radius 3 is 2.24 bits per heavy atom. The van der Waals surface area contributed by atoms with Gasteiger partial charge < -0.3 is 4.74 Å². The van der Waals surface area contributed by atoms with Crippen molar-refractivity contribution in [3.8, 4) is 0 Å². The van der Waals surface area contributed by atoms with Gasteiger partial charge in [0.15, 0.2) is 0 Å². The molecule has 1 aliphatic rings. The summed E-state index contributed by atoms with van der Waals surface area (Å²) in [6.07, 6.45) is 0.133. The Kier molecular flexibility index (Phi) is 5.37. The SMILES string of the molecule is O=C(OCc1nnsc1Cl)[C@H](Cc1ccccc1)N1C(=O)c2ccccc2C1=O. The summed E-state index contributed by atoms with van der Waals surface area (Å²) in [6.45, 7) is -0.192. The fourth-order valence-electron chi connectivity index (χ4n) is 3.13. The van der Waals surface area contributed by atoms with E-state index in [1.165, 1.54) is 0 Å². The number of carbonyl (C=O) groups is 3. The van der Waals surface area contributed by atoms with E-state index in [0.717, 1.165) is 22.0 Å². The maximum Gasteiger partial charge on any atom is 0.330 e. The van der Waals surface area contributed by atoms with E-state index in [-0.39, 0.29) is 24.2 Å². The van der Waals surface area contributed by atoms with E-state index in [2.05, 4.69) is 9.59 Å². The van der Waals surface area contributed by atoms with Gasteiger partial charge in [0.1, 0.15) is 22.7 Å². The second-order valence-corrected chi connectivity index (χ2v) is 7.69. The molecule has 9 heteroatoms. The van der Waals surface area contributed by atoms with E-state index in [4.69, 9.17) is 16.3 Å². The highest BCUT2D eigenvalue weighted by Crippen LogP contribution is 2.27. The maximum atomic E-state index is 12.9. The van der Waals surface area contributed by atoms with Crippen molar-refractivity contribution in [2.45, 2.75) is 19.1 Å². The molecule has 0 spiro atoms. The minimum Gasteiger partial charge on any atom is -0.457 e. The van der Waals surface area contributed by atoms with Crippen LogP contribution in [0.2, 0.25) is 4.34 Å². The lowest BCUT2D eigenvalue weighted by Crippen LogP contribution is -2.47. The molecule has 1 aliphatic heterocycles. The first-order chi connectivity index (χ1) is 14.1. The third-order valence-corrected chi connectivity index (χ3v) is 5.53. The van der Waals surface area contributed by atoms with Crippen molar-refractivity contribution >= 4 is 40.9 Å². The summed E-state index contributed by atoms with van der Waals surface area (Å²) in [6, 6.07) is 14.5. The quantitative estimate of drug-likeness (QED) is 0.443. The minimum atomic E-state index is -1.12. The molecular formula is C20H14ClN3O4S. The number of rotatable bonds is 6. The number of hydrogen-bond donors (Lipinski definition) is 0. The molecule has 4 rings (SSSR count). The van der Waals surface area contributed by atoms with Crippen LogP contribution in [-0.2, 0) is 22.6 Å². The molecule has 0 saturated carbocycles. The van der Waals surface area contributed by atoms with Crippen LogP contribution in [0.3, 0.4) is 0 Å². The Morgan fingerprint density at radius 1 is 1.03 bits per heavy atom. The number of amides is 2. The van der Waals surface area contributed by atoms with Crippen LogP contribution in [0.1, 0.15) is 32.0 Å². The summed E-state index contributed by atoms with van der Waals surface area (Å²) < 4.78 is 9.35. The van der Waals surface area contributed by atoms with Crippen LogP contribution in [0.5, 0.6) is 0 Å². The van der Waals surface area contributed by atoms with E-state index in [0.29, 0.717) is 10.0 Å². The van der Waals surface area contributed by atoms with E-state index in [1.54, 1.807) is 24.3 Å². The predicted octanol–water partition coefficient (Wildman–Crippen LogP) is 3.14. The average molecular weight is 428 g/mol. The smallest absolute Gasteiger partial charge is 0.330 e. The van der Waals surface area contributed by atoms with Crippen molar-refractivity contribution < 1.29 is 19.1 Å². The molecule has 2 amide bonds. The number of benzene rings is 2. The topological polar surface area (TPSA) is 89.5 Å². The number of carbonyl (C=O) groups excluding carboxylic acids is 3. The Bertz CT molecular complexity index is 1050. The molecule has 0 bridgehead atoms. The van der Waals surface area contributed by atoms with Gasteiger partial charge in [-0.3, -0.25) is 14.5 Å². The van der Waals surface area contributed by atoms with Crippen molar-refractivity contribution in [3.05, 3.63) is 81.3 Å². The third-order valence-electron chi connectivity index (χ3n) is 4.54. The number of aromatic nitrogens is 2. The molecule has 29 heavy (non-hydrogen) atoms. The van der Waals surface area contributed by atoms with Gasteiger partial charge in [-0.15, -0.1) is 5.10 Å². The number of hydrogen-bond acceptors (Lipinski definition) is 7. The molecule has 0 fully saturated rings. The average Bonchev–Trinajstić information content (AvgIpc) is 3.26. The molecule has 1 atom stereocenters. The monoisotopic (exact) mass is 427 g/mol. The molecule has 0 saturated heterocycles. The number of ether oxygens (including phenoxy) is 1. The van der Waals surface area contributed by atoms with Crippen LogP contribution >= 0.6 is 23.1 Å². The van der Waals surface area contributed by atoms with Crippen LogP contribution in [0, 0.1) is 0 Å². The molecule has 3 aromatic rings. The summed E-state index contributed by atoms with van der Waals surface area (Å²) in [4.78, 5) is 39.7. The lowest BCUT2D eigenvalue weighted by Gasteiger charge is -2.24. The lowest BCUT2D eigenvalue weighted by atomic mass is 10.0. The zero-order valence-corrected chi connectivity index (χ0v) is 16.5. The lowest BCUT2D eigenvalue weighted by molar-refractivity contribution is -0.149. The van der Waals surface area contributed by atoms with Gasteiger partial charge in [0.2, 0.25) is 0 Å². The minimum absolute atomic E-state index is 0.133. The van der Waals surface area contributed by atoms with Crippen LogP contribution in [0.15, 0.2) is 54.6 Å². The standard InChI is InChI=1S/C20H14ClN3O4S/c21-17-15(22-23-29-17)11-28-20(27)16(10-12-6-2-1-3-7-12)24-18(25)13-8-4-5-9-14(13)19(24)26/h1-9,16H,10-11H2/t16-/m0/s1. The number of fused-ring (bicyclic) bond motifs is 1.